The van der Waals surface area contributed by atoms with Crippen LogP contribution in [0.5, 0.6) is 0 Å². The summed E-state index contributed by atoms with van der Waals surface area (Å²) >= 11 is 0. The van der Waals surface area contributed by atoms with E-state index in [-0.39, 0.29) is 24.3 Å². The molecule has 6 nitrogen and oxygen atoms in total. The number of ketones is 1. The Bertz CT molecular complexity index is 1540. The van der Waals surface area contributed by atoms with Crippen molar-refractivity contribution in [2.75, 3.05) is 25.0 Å². The summed E-state index contributed by atoms with van der Waals surface area (Å²) in [7, 11) is 0. The molecule has 2 aromatic rings. The first-order chi connectivity index (χ1) is 23.2. The van der Waals surface area contributed by atoms with Crippen molar-refractivity contribution in [1.29, 1.82) is 0 Å². The van der Waals surface area contributed by atoms with E-state index < -0.39 is 5.82 Å². The van der Waals surface area contributed by atoms with Crippen LogP contribution in [0, 0.1) is 34.4 Å². The van der Waals surface area contributed by atoms with Gasteiger partial charge in [0.05, 0.1) is 6.20 Å². The van der Waals surface area contributed by atoms with E-state index in [0.29, 0.717) is 40.6 Å². The van der Waals surface area contributed by atoms with Gasteiger partial charge in [0.15, 0.2) is 11.6 Å². The van der Waals surface area contributed by atoms with Crippen molar-refractivity contribution in [2.45, 2.75) is 111 Å². The molecule has 0 radical (unpaired) electrons. The van der Waals surface area contributed by atoms with Crippen LogP contribution >= 0.6 is 0 Å². The van der Waals surface area contributed by atoms with Gasteiger partial charge in [0.1, 0.15) is 11.5 Å². The second kappa shape index (κ2) is 14.7. The lowest BCUT2D eigenvalue weighted by Gasteiger charge is -2.48. The minimum atomic E-state index is -0.544. The molecule has 3 unspecified atom stereocenters. The number of pyridine rings is 1. The molecule has 0 amide bonds. The number of rotatable bonds is 10. The molecule has 1 aliphatic heterocycles. The van der Waals surface area contributed by atoms with E-state index in [0.717, 1.165) is 43.6 Å². The lowest BCUT2D eigenvalue weighted by molar-refractivity contribution is -0.117. The van der Waals surface area contributed by atoms with Crippen molar-refractivity contribution in [3.05, 3.63) is 71.5 Å². The van der Waals surface area contributed by atoms with Crippen LogP contribution in [0.2, 0.25) is 0 Å². The zero-order valence-electron chi connectivity index (χ0n) is 29.8. The quantitative estimate of drug-likeness (QED) is 0.257. The molecule has 2 spiro atoms. The van der Waals surface area contributed by atoms with Gasteiger partial charge in [-0.3, -0.25) is 4.79 Å². The highest BCUT2D eigenvalue weighted by molar-refractivity contribution is 6.01. The summed E-state index contributed by atoms with van der Waals surface area (Å²) in [6.45, 7) is 16.7. The zero-order valence-corrected chi connectivity index (χ0v) is 29.8. The number of hydrogen-bond donors (Lipinski definition) is 1. The zero-order chi connectivity index (χ0) is 33.9. The van der Waals surface area contributed by atoms with Gasteiger partial charge in [0.25, 0.3) is 0 Å². The fraction of sp³-hybridized carbons (Fsp3) is 0.610. The molecule has 260 valence electrons. The maximum atomic E-state index is 15.4. The molecule has 3 fully saturated rings. The topological polar surface area (TPSA) is 71.0 Å². The number of allylic oxidation sites excluding steroid dienone is 5. The van der Waals surface area contributed by atoms with Crippen molar-refractivity contribution >= 4 is 23.1 Å². The first-order valence-corrected chi connectivity index (χ1v) is 18.7. The summed E-state index contributed by atoms with van der Waals surface area (Å²) in [6, 6.07) is 4.06. The number of halogens is 1. The van der Waals surface area contributed by atoms with Crippen LogP contribution < -0.4 is 5.32 Å². The van der Waals surface area contributed by atoms with Crippen LogP contribution in [0.1, 0.15) is 117 Å². The van der Waals surface area contributed by atoms with E-state index in [1.54, 1.807) is 6.08 Å². The minimum absolute atomic E-state index is 0. The first-order valence-electron chi connectivity index (χ1n) is 18.7. The molecule has 6 rings (SSSR count). The number of likely N-dealkylation sites (tertiary alicyclic amines) is 1. The molecule has 3 aliphatic carbocycles. The molecule has 7 heteroatoms. The fourth-order valence-corrected chi connectivity index (χ4v) is 9.65. The number of carbonyl (C=O) groups is 1. The summed E-state index contributed by atoms with van der Waals surface area (Å²) in [5.41, 5.74) is 4.33. The van der Waals surface area contributed by atoms with Gasteiger partial charge in [-0.15, -0.1) is 0 Å². The van der Waals surface area contributed by atoms with Gasteiger partial charge in [-0.2, -0.15) is 0 Å². The molecule has 4 aliphatic rings. The highest BCUT2D eigenvalue weighted by Crippen LogP contribution is 2.52. The Hall–Kier alpha value is -3.19. The average molecular weight is 656 g/mol. The smallest absolute Gasteiger partial charge is 0.229 e. The van der Waals surface area contributed by atoms with E-state index in [1.165, 1.54) is 76.3 Å². The van der Waals surface area contributed by atoms with Crippen molar-refractivity contribution in [1.82, 2.24) is 19.9 Å². The van der Waals surface area contributed by atoms with E-state index in [2.05, 4.69) is 65.5 Å². The number of nitrogens with one attached hydrogen (secondary N) is 1. The SMILES string of the molecule is C=C/C(=C\C1=C(/C)C2(CCCCC2)CC(C)C(CC)CC1=O)c1nc(Nc2ccc(CCC3CCC4(C3)CN(CC)C4)cn2)ncc1F.[HH]. The van der Waals surface area contributed by atoms with Gasteiger partial charge >= 0.3 is 0 Å². The Morgan fingerprint density at radius 2 is 1.92 bits per heavy atom. The van der Waals surface area contributed by atoms with Crippen molar-refractivity contribution in [3.8, 4) is 0 Å². The third kappa shape index (κ3) is 7.36. The Morgan fingerprint density at radius 1 is 1.12 bits per heavy atom. The van der Waals surface area contributed by atoms with Gasteiger partial charge < -0.3 is 10.2 Å². The van der Waals surface area contributed by atoms with E-state index in [4.69, 9.17) is 0 Å². The second-order valence-electron chi connectivity index (χ2n) is 15.7. The largest absolute Gasteiger partial charge is 0.309 e. The Morgan fingerprint density at radius 3 is 2.60 bits per heavy atom. The minimum Gasteiger partial charge on any atom is -0.309 e. The monoisotopic (exact) mass is 655 g/mol. The molecule has 2 aromatic heterocycles. The lowest BCUT2D eigenvalue weighted by atomic mass is 9.60. The van der Waals surface area contributed by atoms with Crippen molar-refractivity contribution < 1.29 is 10.6 Å². The summed E-state index contributed by atoms with van der Waals surface area (Å²) in [5, 5.41) is 3.17. The Labute approximate surface area is 289 Å². The van der Waals surface area contributed by atoms with Crippen LogP contribution in [-0.2, 0) is 11.2 Å². The lowest BCUT2D eigenvalue weighted by Crippen LogP contribution is -2.54. The third-order valence-corrected chi connectivity index (χ3v) is 12.6. The number of anilines is 2. The number of Topliss-reactive ketones (excluding diaryl/α,β-unsaturated/α-hetero) is 1. The third-order valence-electron chi connectivity index (χ3n) is 12.6. The van der Waals surface area contributed by atoms with Crippen LogP contribution in [-0.4, -0.2) is 45.3 Å². The van der Waals surface area contributed by atoms with Crippen LogP contribution in [0.4, 0.5) is 16.2 Å². The van der Waals surface area contributed by atoms with Gasteiger partial charge in [-0.1, -0.05) is 70.7 Å². The molecule has 0 aromatic carbocycles. The van der Waals surface area contributed by atoms with Gasteiger partial charge in [0, 0.05) is 38.3 Å². The predicted molar refractivity (Wildman–Crippen MR) is 195 cm³/mol. The molecule has 3 heterocycles. The summed E-state index contributed by atoms with van der Waals surface area (Å²) in [4.78, 5) is 29.9. The number of nitrogens with zero attached hydrogens (tertiary/aromatic N) is 4. The molecule has 3 atom stereocenters. The number of aromatic nitrogens is 3. The Kier molecular flexibility index (Phi) is 10.6. The number of hydrogen-bond acceptors (Lipinski definition) is 6. The molecule has 1 N–H and O–H groups in total. The standard InChI is InChI=1S/C41H56FN5O.H2/c1-6-32-21-36(48)34(29(5)41(22-28(32)4)17-10-9-11-18-41)20-33(7-2)38-35(42)25-44-39(46-38)45-37-15-14-31(24-43-37)13-12-30-16-19-40(23-30)26-47(8-3)27-40;/h7,14-15,20,24-25,28,30,32H,2,6,8-13,16-19,21-23,26-27H2,1,3-5H3,(H,43,44,45,46);1H/b33-20+,34-29-;. The van der Waals surface area contributed by atoms with Crippen molar-refractivity contribution in [3.63, 3.8) is 0 Å². The van der Waals surface area contributed by atoms with E-state index in [9.17, 15) is 4.79 Å². The first kappa shape index (κ1) is 34.7. The maximum Gasteiger partial charge on any atom is 0.229 e. The summed E-state index contributed by atoms with van der Waals surface area (Å²) < 4.78 is 15.4. The highest BCUT2D eigenvalue weighted by atomic mass is 19.1. The second-order valence-corrected chi connectivity index (χ2v) is 15.7. The molecule has 2 saturated carbocycles. The molecular formula is C41H58FN5O. The summed E-state index contributed by atoms with van der Waals surface area (Å²) in [5.74, 6) is 2.12. The average Bonchev–Trinajstić information content (AvgIpc) is 3.52. The number of carbonyl (C=O) groups excluding carboxylic acids is 1. The van der Waals surface area contributed by atoms with Crippen LogP contribution in [0.15, 0.2) is 54.4 Å². The van der Waals surface area contributed by atoms with Crippen LogP contribution in [0.3, 0.4) is 0 Å². The van der Waals surface area contributed by atoms with Gasteiger partial charge in [0.2, 0.25) is 5.95 Å². The van der Waals surface area contributed by atoms with E-state index in [1.807, 2.05) is 18.3 Å². The fourth-order valence-electron chi connectivity index (χ4n) is 9.65. The molecule has 48 heavy (non-hydrogen) atoms. The van der Waals surface area contributed by atoms with E-state index >= 15 is 4.39 Å². The van der Waals surface area contributed by atoms with Crippen molar-refractivity contribution in [2.24, 2.45) is 28.6 Å². The highest BCUT2D eigenvalue weighted by Gasteiger charge is 2.47. The van der Waals surface area contributed by atoms with Gasteiger partial charge in [-0.25, -0.2) is 19.3 Å². The number of aryl methyl sites for hydroxylation is 1. The van der Waals surface area contributed by atoms with Gasteiger partial charge in [-0.05, 0) is 111 Å². The summed E-state index contributed by atoms with van der Waals surface area (Å²) in [6.07, 6.45) is 21.3. The Balaban J connectivity index is 0.00000468. The van der Waals surface area contributed by atoms with Crippen LogP contribution in [0.25, 0.3) is 5.57 Å². The maximum absolute atomic E-state index is 15.4. The normalized spacial score (nSPS) is 27.5. The molecule has 0 bridgehead atoms. The predicted octanol–water partition coefficient (Wildman–Crippen LogP) is 9.92. The molecular weight excluding hydrogens is 597 g/mol. The molecule has 1 saturated heterocycles.